The van der Waals surface area contributed by atoms with Crippen molar-refractivity contribution in [3.63, 3.8) is 0 Å². The van der Waals surface area contributed by atoms with Crippen LogP contribution < -0.4 is 31.3 Å². The number of methoxy groups -OCH3 is 1. The summed E-state index contributed by atoms with van der Waals surface area (Å²) in [7, 11) is 1.72. The van der Waals surface area contributed by atoms with E-state index in [1.807, 2.05) is 42.4 Å². The fourth-order valence-electron chi connectivity index (χ4n) is 24.2. The third kappa shape index (κ3) is 14.7. The second-order valence-corrected chi connectivity index (χ2v) is 35.8. The minimum Gasteiger partial charge on any atom is -0.496 e. The molecule has 16 saturated carbocycles. The van der Waals surface area contributed by atoms with Gasteiger partial charge in [0.25, 0.3) is 0 Å². The molecule has 6 aromatic rings. The molecule has 96 heavy (non-hydrogen) atoms. The number of aromatic nitrogens is 2. The highest BCUT2D eigenvalue weighted by Crippen LogP contribution is 2.59. The number of allylic oxidation sites excluding steroid dienone is 1. The number of benzene rings is 4. The molecule has 0 spiro atoms. The van der Waals surface area contributed by atoms with Crippen LogP contribution in [-0.2, 0) is 19.6 Å². The number of nitrogens with one attached hydrogen (secondary N) is 5. The van der Waals surface area contributed by atoms with Crippen molar-refractivity contribution in [1.82, 2.24) is 36.6 Å². The first-order chi connectivity index (χ1) is 46.9. The van der Waals surface area contributed by atoms with Gasteiger partial charge in [-0.15, -0.1) is 23.5 Å². The van der Waals surface area contributed by atoms with Gasteiger partial charge in [-0.25, -0.2) is 0 Å². The van der Waals surface area contributed by atoms with E-state index in [-0.39, 0.29) is 0 Å². The van der Waals surface area contributed by atoms with E-state index in [2.05, 4.69) is 155 Å². The van der Waals surface area contributed by atoms with Crippen LogP contribution in [0.2, 0.25) is 0 Å². The maximum absolute atomic E-state index is 5.48. The Morgan fingerprint density at radius 1 is 0.406 bits per heavy atom. The maximum atomic E-state index is 5.48. The summed E-state index contributed by atoms with van der Waals surface area (Å²) in [6, 6.07) is 44.1. The molecule has 16 bridgehead atoms. The van der Waals surface area contributed by atoms with Crippen LogP contribution in [0, 0.1) is 71.0 Å². The third-order valence-corrected chi connectivity index (χ3v) is 28.4. The maximum Gasteiger partial charge on any atom is 0.126 e. The largest absolute Gasteiger partial charge is 0.496 e. The molecule has 23 rings (SSSR count). The van der Waals surface area contributed by atoms with Crippen LogP contribution in [0.15, 0.2) is 155 Å². The minimum absolute atomic E-state index is 0.401. The summed E-state index contributed by atoms with van der Waals surface area (Å²) in [6.45, 7) is 6.18. The average molecular weight is 1320 g/mol. The van der Waals surface area contributed by atoms with Crippen LogP contribution in [0.3, 0.4) is 0 Å². The van der Waals surface area contributed by atoms with Crippen LogP contribution >= 0.6 is 23.5 Å². The molecule has 8 nitrogen and oxygen atoms in total. The average Bonchev–Trinajstić information content (AvgIpc) is 0.847. The van der Waals surface area contributed by atoms with Gasteiger partial charge in [-0.2, -0.15) is 0 Å². The summed E-state index contributed by atoms with van der Waals surface area (Å²) in [4.78, 5) is 12.2. The van der Waals surface area contributed by atoms with Crippen LogP contribution in [0.4, 0.5) is 0 Å². The molecule has 0 radical (unpaired) electrons. The lowest BCUT2D eigenvalue weighted by Crippen LogP contribution is -2.60. The molecule has 508 valence electrons. The first-order valence-corrected chi connectivity index (χ1v) is 40.7. The SMILES string of the molecule is CC1=CCC(CNC23CC4CC(CC(C4)C2)C3)N1.COc1ccccc1-c1ccc(CNC23CC4CC(CC(C4)C2)C3)nc1.CSc1ccccc1-c1ccc(CNC23CC4CC(CC(C4)C2)C3)cc1.CSc1ccccc1-c1ccc(CNC23CC4CC(CC(C4)C2)C3)nc1. The van der Waals surface area contributed by atoms with Crippen molar-refractivity contribution in [3.05, 3.63) is 162 Å². The number of pyridine rings is 2. The summed E-state index contributed by atoms with van der Waals surface area (Å²) < 4.78 is 5.48. The number of hydrogen-bond acceptors (Lipinski definition) is 10. The lowest BCUT2D eigenvalue weighted by molar-refractivity contribution is -0.0209. The Kier molecular flexibility index (Phi) is 19.3. The summed E-state index contributed by atoms with van der Waals surface area (Å²) in [5.41, 5.74) is 14.3. The number of nitrogens with zero attached hydrogens (tertiary/aromatic N) is 2. The second-order valence-electron chi connectivity index (χ2n) is 34.1. The van der Waals surface area contributed by atoms with Gasteiger partial charge in [-0.05, 0) is 304 Å². The van der Waals surface area contributed by atoms with Crippen LogP contribution in [-0.4, -0.2) is 64.3 Å². The molecule has 5 N–H and O–H groups in total. The van der Waals surface area contributed by atoms with E-state index in [9.17, 15) is 0 Å². The quantitative estimate of drug-likeness (QED) is 0.0536. The summed E-state index contributed by atoms with van der Waals surface area (Å²) >= 11 is 3.62. The van der Waals surface area contributed by atoms with Crippen LogP contribution in [0.25, 0.3) is 33.4 Å². The van der Waals surface area contributed by atoms with Crippen molar-refractivity contribution in [3.8, 4) is 39.1 Å². The van der Waals surface area contributed by atoms with Gasteiger partial charge in [-0.1, -0.05) is 97.1 Å². The van der Waals surface area contributed by atoms with Crippen LogP contribution in [0.5, 0.6) is 5.75 Å². The number of ether oxygens (including phenoxy) is 1. The highest BCUT2D eigenvalue weighted by atomic mass is 32.2. The molecule has 1 unspecified atom stereocenters. The van der Waals surface area contributed by atoms with Gasteiger partial charge < -0.3 is 31.3 Å². The molecule has 2 aromatic heterocycles. The molecule has 4 aromatic carbocycles. The van der Waals surface area contributed by atoms with E-state index in [0.29, 0.717) is 28.2 Å². The fourth-order valence-corrected chi connectivity index (χ4v) is 25.5. The van der Waals surface area contributed by atoms with E-state index in [1.54, 1.807) is 38.1 Å². The number of hydrogen-bond donors (Lipinski definition) is 5. The topological polar surface area (TPSA) is 95.2 Å². The Hall–Kier alpha value is -4.94. The Morgan fingerprint density at radius 2 is 0.750 bits per heavy atom. The lowest BCUT2D eigenvalue weighted by Gasteiger charge is -2.57. The molecule has 1 aliphatic heterocycles. The fraction of sp³-hybridized carbons (Fsp3) is 0.581. The van der Waals surface area contributed by atoms with Gasteiger partial charge in [-0.3, -0.25) is 9.97 Å². The zero-order valence-corrected chi connectivity index (χ0v) is 60.0. The highest BCUT2D eigenvalue weighted by molar-refractivity contribution is 7.99. The lowest BCUT2D eigenvalue weighted by atomic mass is 9.53. The summed E-state index contributed by atoms with van der Waals surface area (Å²) in [6.07, 6.45) is 47.1. The zero-order valence-electron chi connectivity index (χ0n) is 58.4. The predicted octanol–water partition coefficient (Wildman–Crippen LogP) is 19.3. The Labute approximate surface area is 584 Å². The van der Waals surface area contributed by atoms with Crippen molar-refractivity contribution in [1.29, 1.82) is 0 Å². The Balaban J connectivity index is 0.000000102. The molecule has 16 fully saturated rings. The molecule has 17 aliphatic rings. The van der Waals surface area contributed by atoms with E-state index >= 15 is 0 Å². The molecular weight excluding hydrogens is 1210 g/mol. The predicted molar refractivity (Wildman–Crippen MR) is 399 cm³/mol. The first kappa shape index (κ1) is 65.7. The molecule has 0 saturated heterocycles. The van der Waals surface area contributed by atoms with E-state index in [0.717, 1.165) is 113 Å². The standard InChI is InChI=1S/C24H29NS.C23H28N2O.C23H28N2S.C16H26N2/c1-26-23-5-3-2-4-22(23)21-8-6-17(7-9-21)16-25-24-13-18-10-19(14-24)12-20(11-18)15-24;2*1-26-22-5-3-2-4-21(22)19-6-7-20(24-14-19)15-25-23-11-16-8-17(12-23)10-18(9-16)13-23;1-11-2-3-15(18-11)10-17-16-7-12-4-13(8-16)6-14(5-12)9-16/h2-9,18-20,25H,10-16H2,1H3;2*2-7,14,16-18,25H,8-13,15H2,1H3;2,12-15,17-18H,3-10H2,1H3. The molecule has 10 heteroatoms. The van der Waals surface area contributed by atoms with Gasteiger partial charge in [0.15, 0.2) is 0 Å². The monoisotopic (exact) mass is 1320 g/mol. The Bertz CT molecular complexity index is 3190. The molecule has 1 atom stereocenters. The highest BCUT2D eigenvalue weighted by Gasteiger charge is 2.54. The van der Waals surface area contributed by atoms with Crippen molar-refractivity contribution >= 4 is 23.5 Å². The minimum atomic E-state index is 0.401. The van der Waals surface area contributed by atoms with Gasteiger partial charge in [0, 0.05) is 98.9 Å². The number of thioether (sulfide) groups is 2. The first-order valence-electron chi connectivity index (χ1n) is 38.2. The Morgan fingerprint density at radius 3 is 1.11 bits per heavy atom. The van der Waals surface area contributed by atoms with Gasteiger partial charge >= 0.3 is 0 Å². The van der Waals surface area contributed by atoms with Gasteiger partial charge in [0.2, 0.25) is 0 Å². The van der Waals surface area contributed by atoms with E-state index < -0.39 is 0 Å². The number of rotatable bonds is 18. The molecule has 0 amide bonds. The third-order valence-electron chi connectivity index (χ3n) is 26.8. The molecular formula is C86H111N7OS2. The smallest absolute Gasteiger partial charge is 0.126 e. The second kappa shape index (κ2) is 28.2. The molecule has 3 heterocycles. The number of para-hydroxylation sites is 1. The van der Waals surface area contributed by atoms with Crippen molar-refractivity contribution < 1.29 is 4.74 Å². The summed E-state index contributed by atoms with van der Waals surface area (Å²) in [5.74, 6) is 13.0. The van der Waals surface area contributed by atoms with Crippen molar-refractivity contribution in [2.75, 3.05) is 26.2 Å². The summed E-state index contributed by atoms with van der Waals surface area (Å²) in [5, 5.41) is 19.5. The van der Waals surface area contributed by atoms with Gasteiger partial charge in [0.1, 0.15) is 5.75 Å². The van der Waals surface area contributed by atoms with E-state index in [1.165, 1.54) is 197 Å². The normalized spacial score (nSPS) is 35.3. The van der Waals surface area contributed by atoms with Crippen molar-refractivity contribution in [2.45, 2.75) is 225 Å². The van der Waals surface area contributed by atoms with Gasteiger partial charge in [0.05, 0.1) is 18.5 Å². The molecule has 16 aliphatic carbocycles. The van der Waals surface area contributed by atoms with Crippen LogP contribution in [0.1, 0.15) is 184 Å². The van der Waals surface area contributed by atoms with Crippen molar-refractivity contribution in [2.24, 2.45) is 71.0 Å². The van der Waals surface area contributed by atoms with E-state index in [4.69, 9.17) is 14.7 Å². The zero-order chi connectivity index (χ0) is 64.9.